The van der Waals surface area contributed by atoms with Crippen molar-refractivity contribution in [3.05, 3.63) is 78.4 Å². The molecule has 0 aliphatic heterocycles. The second-order valence-electron chi connectivity index (χ2n) is 6.97. The zero-order valence-corrected chi connectivity index (χ0v) is 17.6. The van der Waals surface area contributed by atoms with E-state index in [-0.39, 0.29) is 16.6 Å². The van der Waals surface area contributed by atoms with Crippen LogP contribution in [0, 0.1) is 5.41 Å². The standard InChI is InChI=1S/C22H23N5O3S/c1-14(26-18-6-4-5-16(13-18)21(23)24)22(28)27-17-11-9-15(10-12-17)19-7-2-3-8-20(19)31(25,29)30/h2-14,26H,1H3,(H3,23,24)(H,27,28)(H2,25,29,30)/t14-/m1/s1. The van der Waals surface area contributed by atoms with E-state index in [1.165, 1.54) is 6.07 Å². The monoisotopic (exact) mass is 437 g/mol. The molecule has 0 fully saturated rings. The van der Waals surface area contributed by atoms with Crippen LogP contribution in [-0.4, -0.2) is 26.2 Å². The van der Waals surface area contributed by atoms with Crippen LogP contribution in [0.25, 0.3) is 11.1 Å². The van der Waals surface area contributed by atoms with Gasteiger partial charge in [0, 0.05) is 22.5 Å². The third-order valence-corrected chi connectivity index (χ3v) is 5.58. The summed E-state index contributed by atoms with van der Waals surface area (Å²) in [6.07, 6.45) is 0. The summed E-state index contributed by atoms with van der Waals surface area (Å²) in [5.41, 5.74) is 8.45. The fraction of sp³-hybridized carbons (Fsp3) is 0.0909. The molecule has 3 aromatic carbocycles. The number of hydrogen-bond acceptors (Lipinski definition) is 5. The van der Waals surface area contributed by atoms with E-state index in [1.54, 1.807) is 73.7 Å². The minimum absolute atomic E-state index is 0.0393. The summed E-state index contributed by atoms with van der Waals surface area (Å²) >= 11 is 0. The number of hydrogen-bond donors (Lipinski definition) is 5. The highest BCUT2D eigenvalue weighted by molar-refractivity contribution is 7.89. The lowest BCUT2D eigenvalue weighted by atomic mass is 10.1. The summed E-state index contributed by atoms with van der Waals surface area (Å²) in [5.74, 6) is -0.309. The molecule has 0 aromatic heterocycles. The van der Waals surface area contributed by atoms with Gasteiger partial charge in [-0.3, -0.25) is 10.2 Å². The Morgan fingerprint density at radius 2 is 1.65 bits per heavy atom. The first-order valence-electron chi connectivity index (χ1n) is 9.39. The van der Waals surface area contributed by atoms with Crippen LogP contribution >= 0.6 is 0 Å². The van der Waals surface area contributed by atoms with E-state index in [0.29, 0.717) is 28.1 Å². The Hall–Kier alpha value is -3.69. The Morgan fingerprint density at radius 3 is 2.29 bits per heavy atom. The zero-order valence-electron chi connectivity index (χ0n) is 16.8. The average molecular weight is 438 g/mol. The molecule has 3 rings (SSSR count). The Bertz CT molecular complexity index is 1220. The van der Waals surface area contributed by atoms with Crippen LogP contribution in [0.15, 0.2) is 77.7 Å². The van der Waals surface area contributed by atoms with Crippen molar-refractivity contribution in [2.75, 3.05) is 10.6 Å². The minimum Gasteiger partial charge on any atom is -0.384 e. The summed E-state index contributed by atoms with van der Waals surface area (Å²) in [7, 11) is -3.86. The molecule has 3 aromatic rings. The maximum absolute atomic E-state index is 12.5. The van der Waals surface area contributed by atoms with Crippen molar-refractivity contribution in [3.8, 4) is 11.1 Å². The maximum Gasteiger partial charge on any atom is 0.246 e. The van der Waals surface area contributed by atoms with Crippen LogP contribution in [0.4, 0.5) is 11.4 Å². The van der Waals surface area contributed by atoms with E-state index >= 15 is 0 Å². The normalized spacial score (nSPS) is 12.1. The molecule has 1 amide bonds. The fourth-order valence-corrected chi connectivity index (χ4v) is 3.79. The van der Waals surface area contributed by atoms with Gasteiger partial charge >= 0.3 is 0 Å². The number of amidine groups is 1. The molecule has 0 unspecified atom stereocenters. The van der Waals surface area contributed by atoms with Crippen LogP contribution in [0.1, 0.15) is 12.5 Å². The molecule has 0 aliphatic rings. The number of amides is 1. The van der Waals surface area contributed by atoms with Crippen molar-refractivity contribution in [1.29, 1.82) is 5.41 Å². The molecule has 31 heavy (non-hydrogen) atoms. The molecule has 0 bridgehead atoms. The predicted octanol–water partition coefficient (Wildman–Crippen LogP) is 2.72. The van der Waals surface area contributed by atoms with Crippen LogP contribution in [0.5, 0.6) is 0 Å². The van der Waals surface area contributed by atoms with Crippen molar-refractivity contribution in [3.63, 3.8) is 0 Å². The molecule has 160 valence electrons. The van der Waals surface area contributed by atoms with Crippen LogP contribution in [0.3, 0.4) is 0 Å². The lowest BCUT2D eigenvalue weighted by molar-refractivity contribution is -0.116. The highest BCUT2D eigenvalue weighted by Gasteiger charge is 2.16. The van der Waals surface area contributed by atoms with E-state index in [2.05, 4.69) is 10.6 Å². The van der Waals surface area contributed by atoms with Crippen LogP contribution in [-0.2, 0) is 14.8 Å². The number of anilines is 2. The largest absolute Gasteiger partial charge is 0.384 e. The number of nitrogens with one attached hydrogen (secondary N) is 3. The molecule has 0 heterocycles. The summed E-state index contributed by atoms with van der Waals surface area (Å²) < 4.78 is 23.6. The summed E-state index contributed by atoms with van der Waals surface area (Å²) in [4.78, 5) is 12.6. The van der Waals surface area contributed by atoms with Gasteiger partial charge < -0.3 is 16.4 Å². The number of sulfonamides is 1. The van der Waals surface area contributed by atoms with Gasteiger partial charge in [-0.15, -0.1) is 0 Å². The summed E-state index contributed by atoms with van der Waals surface area (Å²) in [6, 6.07) is 19.7. The lowest BCUT2D eigenvalue weighted by Crippen LogP contribution is -2.31. The second-order valence-corrected chi connectivity index (χ2v) is 8.50. The highest BCUT2D eigenvalue weighted by Crippen LogP contribution is 2.27. The van der Waals surface area contributed by atoms with Gasteiger partial charge in [0.25, 0.3) is 0 Å². The number of nitrogens with two attached hydrogens (primary N) is 2. The topological polar surface area (TPSA) is 151 Å². The average Bonchev–Trinajstić information content (AvgIpc) is 2.74. The molecular formula is C22H23N5O3S. The Balaban J connectivity index is 1.71. The first kappa shape index (κ1) is 22.0. The molecule has 0 saturated heterocycles. The van der Waals surface area contributed by atoms with Gasteiger partial charge in [0.1, 0.15) is 11.9 Å². The van der Waals surface area contributed by atoms with Gasteiger partial charge in [-0.05, 0) is 42.8 Å². The van der Waals surface area contributed by atoms with Gasteiger partial charge in [0.15, 0.2) is 0 Å². The van der Waals surface area contributed by atoms with Crippen molar-refractivity contribution in [1.82, 2.24) is 0 Å². The maximum atomic E-state index is 12.5. The first-order chi connectivity index (χ1) is 14.6. The van der Waals surface area contributed by atoms with Gasteiger partial charge in [0.2, 0.25) is 15.9 Å². The third kappa shape index (κ3) is 5.47. The molecular weight excluding hydrogens is 414 g/mol. The second kappa shape index (κ2) is 8.99. The van der Waals surface area contributed by atoms with E-state index in [9.17, 15) is 13.2 Å². The molecule has 0 aliphatic carbocycles. The fourth-order valence-electron chi connectivity index (χ4n) is 3.03. The smallest absolute Gasteiger partial charge is 0.246 e. The first-order valence-corrected chi connectivity index (χ1v) is 10.9. The van der Waals surface area contributed by atoms with Gasteiger partial charge in [-0.2, -0.15) is 0 Å². The molecule has 1 atom stereocenters. The van der Waals surface area contributed by atoms with Crippen LogP contribution < -0.4 is 21.5 Å². The number of rotatable bonds is 7. The number of carbonyl (C=O) groups excluding carboxylic acids is 1. The molecule has 0 radical (unpaired) electrons. The molecule has 0 spiro atoms. The summed E-state index contributed by atoms with van der Waals surface area (Å²) in [6.45, 7) is 1.71. The minimum atomic E-state index is -3.86. The molecule has 7 N–H and O–H groups in total. The Morgan fingerprint density at radius 1 is 0.968 bits per heavy atom. The van der Waals surface area contributed by atoms with Gasteiger partial charge in [0.05, 0.1) is 4.90 Å². The number of benzene rings is 3. The SMILES string of the molecule is C[C@@H](Nc1cccc(C(=N)N)c1)C(=O)Nc1ccc(-c2ccccc2S(N)(=O)=O)cc1. The number of primary sulfonamides is 1. The third-order valence-electron chi connectivity index (χ3n) is 4.61. The Kier molecular flexibility index (Phi) is 6.38. The lowest BCUT2D eigenvalue weighted by Gasteiger charge is -2.16. The van der Waals surface area contributed by atoms with Crippen molar-refractivity contribution in [2.24, 2.45) is 10.9 Å². The highest BCUT2D eigenvalue weighted by atomic mass is 32.2. The predicted molar refractivity (Wildman–Crippen MR) is 122 cm³/mol. The van der Waals surface area contributed by atoms with E-state index in [1.807, 2.05) is 0 Å². The molecule has 8 nitrogen and oxygen atoms in total. The van der Waals surface area contributed by atoms with Crippen molar-refractivity contribution < 1.29 is 13.2 Å². The Labute approximate surface area is 180 Å². The number of carbonyl (C=O) groups is 1. The molecule has 0 saturated carbocycles. The quantitative estimate of drug-likeness (QED) is 0.284. The van der Waals surface area contributed by atoms with Gasteiger partial charge in [-0.1, -0.05) is 42.5 Å². The van der Waals surface area contributed by atoms with Gasteiger partial charge in [-0.25, -0.2) is 13.6 Å². The van der Waals surface area contributed by atoms with Crippen molar-refractivity contribution in [2.45, 2.75) is 17.9 Å². The van der Waals surface area contributed by atoms with Crippen molar-refractivity contribution >= 4 is 33.1 Å². The van der Waals surface area contributed by atoms with Crippen LogP contribution in [0.2, 0.25) is 0 Å². The van der Waals surface area contributed by atoms with E-state index in [4.69, 9.17) is 16.3 Å². The molecule has 9 heteroatoms. The summed E-state index contributed by atoms with van der Waals surface area (Å²) in [5, 5.41) is 18.7. The zero-order chi connectivity index (χ0) is 22.6. The number of nitrogen functional groups attached to an aromatic ring is 1. The van der Waals surface area contributed by atoms with E-state index < -0.39 is 16.1 Å². The van der Waals surface area contributed by atoms with E-state index in [0.717, 1.165) is 0 Å².